The number of para-hydroxylation sites is 1. The molecular formula is C25H27ClN2O6S. The summed E-state index contributed by atoms with van der Waals surface area (Å²) in [5, 5.41) is 3.29. The van der Waals surface area contributed by atoms with Gasteiger partial charge in [-0.15, -0.1) is 0 Å². The van der Waals surface area contributed by atoms with Crippen molar-refractivity contribution in [3.63, 3.8) is 0 Å². The Labute approximate surface area is 210 Å². The van der Waals surface area contributed by atoms with E-state index in [1.807, 2.05) is 12.1 Å². The van der Waals surface area contributed by atoms with Gasteiger partial charge in [0, 0.05) is 11.6 Å². The van der Waals surface area contributed by atoms with Gasteiger partial charge in [0.15, 0.2) is 0 Å². The predicted octanol–water partition coefficient (Wildman–Crippen LogP) is 4.13. The van der Waals surface area contributed by atoms with Gasteiger partial charge in [0.1, 0.15) is 23.9 Å². The van der Waals surface area contributed by atoms with Crippen LogP contribution < -0.4 is 23.8 Å². The zero-order chi connectivity index (χ0) is 25.4. The summed E-state index contributed by atoms with van der Waals surface area (Å²) >= 11 is 6.04. The van der Waals surface area contributed by atoms with Gasteiger partial charge in [-0.25, -0.2) is 8.42 Å². The van der Waals surface area contributed by atoms with E-state index in [1.54, 1.807) is 54.6 Å². The molecule has 1 amide bonds. The third-order valence-electron chi connectivity index (χ3n) is 5.08. The van der Waals surface area contributed by atoms with Gasteiger partial charge >= 0.3 is 0 Å². The Hall–Kier alpha value is -3.43. The Morgan fingerprint density at radius 1 is 0.971 bits per heavy atom. The minimum absolute atomic E-state index is 0.0515. The molecule has 0 bridgehead atoms. The molecule has 0 unspecified atom stereocenters. The van der Waals surface area contributed by atoms with Crippen LogP contribution in [0, 0.1) is 0 Å². The molecule has 0 aliphatic carbocycles. The van der Waals surface area contributed by atoms with E-state index >= 15 is 0 Å². The standard InChI is InChI=1S/C25H27ClN2O6S/c1-32-20-12-13-24(33-2)22(16-20)28(35(3,30)31)17-18-8-10-19(11-9-18)25(29)27-14-15-34-23-7-5-4-6-21(23)26/h4-13,16H,14-15,17H2,1-3H3,(H,27,29). The topological polar surface area (TPSA) is 94.2 Å². The van der Waals surface area contributed by atoms with Crippen molar-refractivity contribution < 1.29 is 27.4 Å². The number of nitrogens with one attached hydrogen (secondary N) is 1. The smallest absolute Gasteiger partial charge is 0.251 e. The van der Waals surface area contributed by atoms with Crippen molar-refractivity contribution >= 4 is 33.2 Å². The van der Waals surface area contributed by atoms with Crippen LogP contribution in [0.25, 0.3) is 0 Å². The minimum atomic E-state index is -3.65. The molecule has 0 saturated heterocycles. The third kappa shape index (κ3) is 7.03. The second kappa shape index (κ2) is 11.8. The first kappa shape index (κ1) is 26.2. The number of amides is 1. The molecule has 0 fully saturated rings. The second-order valence-electron chi connectivity index (χ2n) is 7.54. The van der Waals surface area contributed by atoms with Gasteiger partial charge in [-0.2, -0.15) is 0 Å². The van der Waals surface area contributed by atoms with Gasteiger partial charge in [-0.3, -0.25) is 9.10 Å². The highest BCUT2D eigenvalue weighted by molar-refractivity contribution is 7.92. The maximum atomic E-state index is 12.6. The largest absolute Gasteiger partial charge is 0.497 e. The molecule has 186 valence electrons. The Balaban J connectivity index is 1.66. The highest BCUT2D eigenvalue weighted by Gasteiger charge is 2.22. The fraction of sp³-hybridized carbons (Fsp3) is 0.240. The van der Waals surface area contributed by atoms with E-state index in [2.05, 4.69) is 5.32 Å². The first-order chi connectivity index (χ1) is 16.7. The molecule has 0 heterocycles. The number of benzene rings is 3. The highest BCUT2D eigenvalue weighted by Crippen LogP contribution is 2.34. The fourth-order valence-electron chi connectivity index (χ4n) is 3.29. The fourth-order valence-corrected chi connectivity index (χ4v) is 4.36. The molecule has 3 aromatic rings. The van der Waals surface area contributed by atoms with Crippen molar-refractivity contribution in [2.45, 2.75) is 6.54 Å². The molecule has 0 saturated carbocycles. The Morgan fingerprint density at radius 3 is 2.31 bits per heavy atom. The van der Waals surface area contributed by atoms with Crippen molar-refractivity contribution in [2.24, 2.45) is 0 Å². The lowest BCUT2D eigenvalue weighted by Gasteiger charge is -2.25. The summed E-state index contributed by atoms with van der Waals surface area (Å²) in [6.45, 7) is 0.610. The van der Waals surface area contributed by atoms with E-state index in [4.69, 9.17) is 25.8 Å². The molecule has 0 aliphatic heterocycles. The maximum Gasteiger partial charge on any atom is 0.251 e. The van der Waals surface area contributed by atoms with Crippen molar-refractivity contribution in [1.82, 2.24) is 5.32 Å². The van der Waals surface area contributed by atoms with Gasteiger partial charge in [0.05, 0.1) is 44.3 Å². The zero-order valence-electron chi connectivity index (χ0n) is 19.7. The quantitative estimate of drug-likeness (QED) is 0.383. The number of carbonyl (C=O) groups is 1. The number of nitrogens with zero attached hydrogens (tertiary/aromatic N) is 1. The predicted molar refractivity (Wildman–Crippen MR) is 136 cm³/mol. The van der Waals surface area contributed by atoms with Crippen LogP contribution in [-0.4, -0.2) is 48.0 Å². The summed E-state index contributed by atoms with van der Waals surface area (Å²) in [6.07, 6.45) is 1.12. The van der Waals surface area contributed by atoms with E-state index in [-0.39, 0.29) is 19.1 Å². The van der Waals surface area contributed by atoms with Gasteiger partial charge in [0.25, 0.3) is 5.91 Å². The number of hydrogen-bond donors (Lipinski definition) is 1. The Morgan fingerprint density at radius 2 is 1.69 bits per heavy atom. The van der Waals surface area contributed by atoms with Crippen LogP contribution in [0.3, 0.4) is 0 Å². The number of halogens is 1. The number of rotatable bonds is 11. The average molecular weight is 519 g/mol. The number of anilines is 1. The van der Waals surface area contributed by atoms with Crippen LogP contribution in [-0.2, 0) is 16.6 Å². The van der Waals surface area contributed by atoms with Crippen molar-refractivity contribution in [3.8, 4) is 17.2 Å². The molecule has 0 aliphatic rings. The SMILES string of the molecule is COc1ccc(OC)c(N(Cc2ccc(C(=O)NCCOc3ccccc3Cl)cc2)S(C)(=O)=O)c1. The average Bonchev–Trinajstić information content (AvgIpc) is 2.85. The van der Waals surface area contributed by atoms with Crippen LogP contribution >= 0.6 is 11.6 Å². The van der Waals surface area contributed by atoms with Crippen LogP contribution in [0.5, 0.6) is 17.2 Å². The Kier molecular flexibility index (Phi) is 8.84. The maximum absolute atomic E-state index is 12.6. The van der Waals surface area contributed by atoms with E-state index in [0.29, 0.717) is 45.6 Å². The lowest BCUT2D eigenvalue weighted by Crippen LogP contribution is -2.30. The number of ether oxygens (including phenoxy) is 3. The van der Waals surface area contributed by atoms with E-state index < -0.39 is 10.0 Å². The summed E-state index contributed by atoms with van der Waals surface area (Å²) in [4.78, 5) is 12.5. The molecular weight excluding hydrogens is 492 g/mol. The molecule has 8 nitrogen and oxygen atoms in total. The second-order valence-corrected chi connectivity index (χ2v) is 9.85. The first-order valence-corrected chi connectivity index (χ1v) is 12.9. The molecule has 0 spiro atoms. The van der Waals surface area contributed by atoms with E-state index in [0.717, 1.165) is 6.26 Å². The lowest BCUT2D eigenvalue weighted by molar-refractivity contribution is 0.0947. The van der Waals surface area contributed by atoms with Crippen LogP contribution in [0.4, 0.5) is 5.69 Å². The third-order valence-corrected chi connectivity index (χ3v) is 6.52. The summed E-state index contributed by atoms with van der Waals surface area (Å²) in [6, 6.07) is 18.7. The molecule has 10 heteroatoms. The molecule has 3 aromatic carbocycles. The summed E-state index contributed by atoms with van der Waals surface area (Å²) in [7, 11) is -0.672. The van der Waals surface area contributed by atoms with Crippen LogP contribution in [0.1, 0.15) is 15.9 Å². The highest BCUT2D eigenvalue weighted by atomic mass is 35.5. The normalized spacial score (nSPS) is 11.0. The van der Waals surface area contributed by atoms with Gasteiger partial charge in [0.2, 0.25) is 10.0 Å². The van der Waals surface area contributed by atoms with Gasteiger partial charge in [-0.1, -0.05) is 35.9 Å². The summed E-state index contributed by atoms with van der Waals surface area (Å²) < 4.78 is 42.6. The Bertz CT molecular complexity index is 1270. The van der Waals surface area contributed by atoms with Gasteiger partial charge in [-0.05, 0) is 42.0 Å². The number of methoxy groups -OCH3 is 2. The molecule has 3 rings (SSSR count). The first-order valence-electron chi connectivity index (χ1n) is 10.7. The number of sulfonamides is 1. The van der Waals surface area contributed by atoms with E-state index in [1.165, 1.54) is 18.5 Å². The molecule has 0 radical (unpaired) electrons. The summed E-state index contributed by atoms with van der Waals surface area (Å²) in [5.74, 6) is 1.18. The molecule has 35 heavy (non-hydrogen) atoms. The summed E-state index contributed by atoms with van der Waals surface area (Å²) in [5.41, 5.74) is 1.49. The van der Waals surface area contributed by atoms with Crippen molar-refractivity contribution in [1.29, 1.82) is 0 Å². The minimum Gasteiger partial charge on any atom is -0.497 e. The molecule has 0 aromatic heterocycles. The van der Waals surface area contributed by atoms with Crippen molar-refractivity contribution in [2.75, 3.05) is 37.9 Å². The van der Waals surface area contributed by atoms with Crippen molar-refractivity contribution in [3.05, 3.63) is 82.9 Å². The van der Waals surface area contributed by atoms with Crippen LogP contribution in [0.15, 0.2) is 66.7 Å². The van der Waals surface area contributed by atoms with E-state index in [9.17, 15) is 13.2 Å². The zero-order valence-corrected chi connectivity index (χ0v) is 21.2. The monoisotopic (exact) mass is 518 g/mol. The molecule has 0 atom stereocenters. The molecule has 1 N–H and O–H groups in total. The van der Waals surface area contributed by atoms with Gasteiger partial charge < -0.3 is 19.5 Å². The lowest BCUT2D eigenvalue weighted by atomic mass is 10.1. The number of hydrogen-bond acceptors (Lipinski definition) is 6. The number of carbonyl (C=O) groups excluding carboxylic acids is 1. The van der Waals surface area contributed by atoms with Crippen LogP contribution in [0.2, 0.25) is 5.02 Å².